The van der Waals surface area contributed by atoms with E-state index in [2.05, 4.69) is 17.1 Å². The summed E-state index contributed by atoms with van der Waals surface area (Å²) < 4.78 is 10.4. The Bertz CT molecular complexity index is 314. The van der Waals surface area contributed by atoms with Gasteiger partial charge in [-0.25, -0.2) is 0 Å². The van der Waals surface area contributed by atoms with Gasteiger partial charge in [0.2, 0.25) is 0 Å². The fourth-order valence-electron chi connectivity index (χ4n) is 3.13. The normalized spacial score (nSPS) is 27.9. The summed E-state index contributed by atoms with van der Waals surface area (Å²) in [5, 5.41) is 12.5. The van der Waals surface area contributed by atoms with E-state index in [0.717, 1.165) is 13.0 Å². The first kappa shape index (κ1) is 17.4. The van der Waals surface area contributed by atoms with E-state index in [1.807, 2.05) is 0 Å². The first-order valence-corrected chi connectivity index (χ1v) is 7.16. The largest absolute Gasteiger partial charge is 0.480 e. The predicted octanol–water partition coefficient (Wildman–Crippen LogP) is 0.565. The van der Waals surface area contributed by atoms with E-state index in [0.29, 0.717) is 26.1 Å². The van der Waals surface area contributed by atoms with Gasteiger partial charge >= 0.3 is 5.97 Å². The second kappa shape index (κ2) is 7.93. The van der Waals surface area contributed by atoms with Gasteiger partial charge in [0.15, 0.2) is 0 Å². The minimum atomic E-state index is -0.789. The molecule has 0 aliphatic heterocycles. The molecule has 3 unspecified atom stereocenters. The van der Waals surface area contributed by atoms with Gasteiger partial charge in [-0.2, -0.15) is 0 Å². The van der Waals surface area contributed by atoms with Crippen LogP contribution in [-0.4, -0.2) is 74.6 Å². The quantitative estimate of drug-likeness (QED) is 0.646. The number of hydrogen-bond acceptors (Lipinski definition) is 5. The van der Waals surface area contributed by atoms with Crippen LogP contribution in [0.25, 0.3) is 0 Å². The lowest BCUT2D eigenvalue weighted by molar-refractivity contribution is -0.144. The van der Waals surface area contributed by atoms with Crippen LogP contribution in [0.15, 0.2) is 0 Å². The second-order valence-corrected chi connectivity index (χ2v) is 5.57. The topological polar surface area (TPSA) is 71.0 Å². The molecule has 20 heavy (non-hydrogen) atoms. The molecule has 0 aromatic heterocycles. The van der Waals surface area contributed by atoms with Crippen LogP contribution in [0.5, 0.6) is 0 Å². The molecule has 6 heteroatoms. The van der Waals surface area contributed by atoms with Crippen molar-refractivity contribution in [2.45, 2.75) is 43.8 Å². The van der Waals surface area contributed by atoms with Crippen LogP contribution in [0.1, 0.15) is 26.2 Å². The summed E-state index contributed by atoms with van der Waals surface area (Å²) in [6, 6.07) is 0.500. The van der Waals surface area contributed by atoms with Crippen molar-refractivity contribution >= 4 is 5.97 Å². The Balaban J connectivity index is 2.75. The molecule has 1 fully saturated rings. The van der Waals surface area contributed by atoms with E-state index in [1.165, 1.54) is 0 Å². The van der Waals surface area contributed by atoms with Crippen LogP contribution in [-0.2, 0) is 14.3 Å². The smallest absolute Gasteiger partial charge is 0.323 e. The van der Waals surface area contributed by atoms with Crippen molar-refractivity contribution < 1.29 is 19.4 Å². The van der Waals surface area contributed by atoms with E-state index in [1.54, 1.807) is 21.3 Å². The number of aliphatic carboxylic acids is 1. The van der Waals surface area contributed by atoms with Crippen molar-refractivity contribution in [2.75, 3.05) is 41.0 Å². The number of nitrogens with one attached hydrogen (secondary N) is 1. The zero-order valence-electron chi connectivity index (χ0n) is 13.0. The molecule has 3 atom stereocenters. The number of hydrogen-bond donors (Lipinski definition) is 2. The third kappa shape index (κ3) is 3.91. The number of carboxylic acids is 1. The highest BCUT2D eigenvalue weighted by Crippen LogP contribution is 2.34. The van der Waals surface area contributed by atoms with Crippen LogP contribution >= 0.6 is 0 Å². The van der Waals surface area contributed by atoms with Gasteiger partial charge in [0.1, 0.15) is 5.54 Å². The van der Waals surface area contributed by atoms with Crippen molar-refractivity contribution in [2.24, 2.45) is 0 Å². The average molecular weight is 288 g/mol. The molecule has 1 aliphatic carbocycles. The molecule has 118 valence electrons. The first-order chi connectivity index (χ1) is 9.50. The number of ether oxygens (including phenoxy) is 2. The van der Waals surface area contributed by atoms with Crippen molar-refractivity contribution in [3.8, 4) is 0 Å². The zero-order chi connectivity index (χ0) is 15.2. The number of methoxy groups -OCH3 is 2. The lowest BCUT2D eigenvalue weighted by atomic mass is 9.97. The van der Waals surface area contributed by atoms with E-state index < -0.39 is 11.5 Å². The van der Waals surface area contributed by atoms with Crippen molar-refractivity contribution in [1.29, 1.82) is 0 Å². The highest BCUT2D eigenvalue weighted by Gasteiger charge is 2.46. The number of carboxylic acid groups (broad SMARTS) is 1. The van der Waals surface area contributed by atoms with Gasteiger partial charge in [-0.3, -0.25) is 9.69 Å². The maximum Gasteiger partial charge on any atom is 0.323 e. The zero-order valence-corrected chi connectivity index (χ0v) is 13.0. The summed E-state index contributed by atoms with van der Waals surface area (Å²) in [7, 11) is 5.10. The molecule has 6 nitrogen and oxygen atoms in total. The van der Waals surface area contributed by atoms with Crippen molar-refractivity contribution in [1.82, 2.24) is 10.2 Å². The molecule has 2 N–H and O–H groups in total. The minimum Gasteiger partial charge on any atom is -0.480 e. The minimum absolute atomic E-state index is 0.249. The number of rotatable bonds is 9. The molecule has 0 amide bonds. The Morgan fingerprint density at radius 3 is 2.65 bits per heavy atom. The molecule has 1 rings (SSSR count). The van der Waals surface area contributed by atoms with Crippen molar-refractivity contribution in [3.63, 3.8) is 0 Å². The Morgan fingerprint density at radius 1 is 1.50 bits per heavy atom. The number of likely N-dealkylation sites (N-methyl/N-ethyl adjacent to an activating group) is 1. The maximum atomic E-state index is 11.5. The van der Waals surface area contributed by atoms with E-state index in [4.69, 9.17) is 9.47 Å². The average Bonchev–Trinajstić information content (AvgIpc) is 2.85. The summed E-state index contributed by atoms with van der Waals surface area (Å²) in [6.07, 6.45) is 2.16. The van der Waals surface area contributed by atoms with Gasteiger partial charge in [0.05, 0.1) is 13.2 Å². The number of carbonyl (C=O) groups is 1. The molecular weight excluding hydrogens is 260 g/mol. The molecule has 0 bridgehead atoms. The molecule has 1 aliphatic rings. The summed E-state index contributed by atoms with van der Waals surface area (Å²) >= 11 is 0. The molecule has 0 radical (unpaired) electrons. The van der Waals surface area contributed by atoms with Crippen LogP contribution in [0.3, 0.4) is 0 Å². The van der Waals surface area contributed by atoms with Gasteiger partial charge in [-0.05, 0) is 33.2 Å². The first-order valence-electron chi connectivity index (χ1n) is 7.16. The predicted molar refractivity (Wildman–Crippen MR) is 77.0 cm³/mol. The Hall–Kier alpha value is -0.690. The molecule has 0 saturated heterocycles. The third-order valence-electron chi connectivity index (χ3n) is 4.37. The molecule has 0 spiro atoms. The lowest BCUT2D eigenvalue weighted by Crippen LogP contribution is -2.51. The standard InChI is InChI=1S/C14H28N2O4/c1-11(10-20-4)16(7-8-19-3)12-5-6-14(9-12,15-2)13(17)18/h11-12,15H,5-10H2,1-4H3,(H,17,18). The lowest BCUT2D eigenvalue weighted by Gasteiger charge is -2.35. The van der Waals surface area contributed by atoms with Crippen LogP contribution in [0.4, 0.5) is 0 Å². The van der Waals surface area contributed by atoms with Crippen LogP contribution in [0.2, 0.25) is 0 Å². The molecular formula is C14H28N2O4. The van der Waals surface area contributed by atoms with Gasteiger partial charge in [0.25, 0.3) is 0 Å². The Labute approximate surface area is 121 Å². The Kier molecular flexibility index (Phi) is 6.88. The highest BCUT2D eigenvalue weighted by atomic mass is 16.5. The maximum absolute atomic E-state index is 11.5. The van der Waals surface area contributed by atoms with Crippen LogP contribution in [0, 0.1) is 0 Å². The SMILES string of the molecule is CNC1(C(=O)O)CCC(N(CCOC)C(C)COC)C1. The van der Waals surface area contributed by atoms with Crippen LogP contribution < -0.4 is 5.32 Å². The number of nitrogens with zero attached hydrogens (tertiary/aromatic N) is 1. The van der Waals surface area contributed by atoms with E-state index in [-0.39, 0.29) is 12.1 Å². The molecule has 0 aromatic carbocycles. The van der Waals surface area contributed by atoms with Gasteiger partial charge in [-0.15, -0.1) is 0 Å². The van der Waals surface area contributed by atoms with Crippen molar-refractivity contribution in [3.05, 3.63) is 0 Å². The fourth-order valence-corrected chi connectivity index (χ4v) is 3.13. The van der Waals surface area contributed by atoms with E-state index in [9.17, 15) is 9.90 Å². The van der Waals surface area contributed by atoms with Gasteiger partial charge in [-0.1, -0.05) is 0 Å². The monoisotopic (exact) mass is 288 g/mol. The summed E-state index contributed by atoms with van der Waals surface area (Å²) in [5.74, 6) is -0.756. The van der Waals surface area contributed by atoms with E-state index >= 15 is 0 Å². The second-order valence-electron chi connectivity index (χ2n) is 5.57. The van der Waals surface area contributed by atoms with Gasteiger partial charge < -0.3 is 19.9 Å². The summed E-state index contributed by atoms with van der Waals surface area (Å²) in [4.78, 5) is 13.8. The molecule has 0 aromatic rings. The summed E-state index contributed by atoms with van der Waals surface area (Å²) in [5.41, 5.74) is -0.789. The summed E-state index contributed by atoms with van der Waals surface area (Å²) in [6.45, 7) is 4.19. The Morgan fingerprint density at radius 2 is 2.20 bits per heavy atom. The fraction of sp³-hybridized carbons (Fsp3) is 0.929. The molecule has 1 saturated carbocycles. The third-order valence-corrected chi connectivity index (χ3v) is 4.37. The molecule has 0 heterocycles. The highest BCUT2D eigenvalue weighted by molar-refractivity contribution is 5.79. The van der Waals surface area contributed by atoms with Gasteiger partial charge in [0, 0.05) is 32.8 Å².